The lowest BCUT2D eigenvalue weighted by atomic mass is 10.2. The second-order valence-electron chi connectivity index (χ2n) is 2.78. The van der Waals surface area contributed by atoms with Crippen LogP contribution in [-0.4, -0.2) is 29.4 Å². The van der Waals surface area contributed by atoms with Crippen molar-refractivity contribution < 1.29 is 35.0 Å². The van der Waals surface area contributed by atoms with Crippen LogP contribution in [0.15, 0.2) is 0 Å². The molecule has 0 saturated carbocycles. The van der Waals surface area contributed by atoms with Gasteiger partial charge in [0.1, 0.15) is 6.04 Å². The van der Waals surface area contributed by atoms with Crippen molar-refractivity contribution in [2.24, 2.45) is 11.5 Å². The molecule has 0 aromatic heterocycles. The Morgan fingerprint density at radius 2 is 2.00 bits per heavy atom. The Hall–Kier alpha value is -1.28. The van der Waals surface area contributed by atoms with Crippen molar-refractivity contribution >= 4 is 20.2 Å². The van der Waals surface area contributed by atoms with Crippen molar-refractivity contribution in [3.8, 4) is 0 Å². The van der Waals surface area contributed by atoms with E-state index in [-0.39, 0.29) is 5.96 Å². The summed E-state index contributed by atoms with van der Waals surface area (Å²) < 4.78 is 8.59. The molecule has 0 aliphatic heterocycles. The Morgan fingerprint density at radius 3 is 2.31 bits per heavy atom. The fourth-order valence-corrected chi connectivity index (χ4v) is 0.699. The van der Waals surface area contributed by atoms with Gasteiger partial charge in [-0.3, -0.25) is 16.5 Å². The maximum absolute atomic E-state index is 10.2. The highest BCUT2D eigenvalue weighted by molar-refractivity contribution is 7.29. The van der Waals surface area contributed by atoms with Crippen LogP contribution >= 0.6 is 8.25 Å². The number of aliphatic carboxylic acids is 1. The van der Waals surface area contributed by atoms with Crippen molar-refractivity contribution in [1.82, 2.24) is 0 Å². The minimum Gasteiger partial charge on any atom is -0.567 e. The van der Waals surface area contributed by atoms with E-state index in [4.69, 9.17) is 25.8 Å². The molecule has 0 aliphatic carbocycles. The van der Waals surface area contributed by atoms with Gasteiger partial charge in [0.2, 0.25) is 0 Å². The predicted molar refractivity (Wildman–Crippen MR) is 50.0 cm³/mol. The van der Waals surface area contributed by atoms with Gasteiger partial charge in [-0.1, -0.05) is 0 Å². The highest BCUT2D eigenvalue weighted by Gasteiger charge is 2.05. The molecule has 9 N–H and O–H groups in total. The van der Waals surface area contributed by atoms with Crippen LogP contribution in [0.4, 0.5) is 0 Å². The number of carboxylic acid groups (broad SMARTS) is 1. The van der Waals surface area contributed by atoms with E-state index < -0.39 is 20.3 Å². The van der Waals surface area contributed by atoms with Crippen LogP contribution in [0, 0.1) is 0 Å². The van der Waals surface area contributed by atoms with Gasteiger partial charge in [0.25, 0.3) is 0 Å². The van der Waals surface area contributed by atoms with Gasteiger partial charge in [0.05, 0.1) is 12.5 Å². The standard InChI is InChI=1S/C6H14N4O2.HO3P/c7-4(5(11)12)2-1-3-10-6(8)9;1-4(2)3/h4H,1-3,7H2,(H,11,12)(H4,8,9,10);(H,1,2,3)/p+1/t4-;/m0./s1. The number of quaternary nitrogens is 1. The van der Waals surface area contributed by atoms with E-state index in [1.165, 1.54) is 0 Å². The van der Waals surface area contributed by atoms with Gasteiger partial charge in [-0.05, 0) is 11.0 Å². The minimum atomic E-state index is -3.12. The average Bonchev–Trinajstić information content (AvgIpc) is 2.10. The number of guanidine groups is 1. The number of carbonyl (C=O) groups is 1. The molecule has 0 heterocycles. The van der Waals surface area contributed by atoms with Gasteiger partial charge < -0.3 is 20.5 Å². The molecule has 2 atom stereocenters. The zero-order valence-electron chi connectivity index (χ0n) is 8.59. The van der Waals surface area contributed by atoms with Gasteiger partial charge in [-0.15, -0.1) is 0 Å². The van der Waals surface area contributed by atoms with E-state index in [0.717, 1.165) is 0 Å². The fourth-order valence-electron chi connectivity index (χ4n) is 0.699. The van der Waals surface area contributed by atoms with Gasteiger partial charge in [0.15, 0.2) is 0 Å². The normalized spacial score (nSPS) is 11.8. The van der Waals surface area contributed by atoms with Crippen LogP contribution in [0.1, 0.15) is 12.8 Å². The van der Waals surface area contributed by atoms with Crippen molar-refractivity contribution in [3.63, 3.8) is 0 Å². The van der Waals surface area contributed by atoms with Crippen LogP contribution in [0.25, 0.3) is 0 Å². The first-order valence-electron chi connectivity index (χ1n) is 4.26. The Kier molecular flexibility index (Phi) is 11.0. The summed E-state index contributed by atoms with van der Waals surface area (Å²) in [7, 11) is -3.12. The summed E-state index contributed by atoms with van der Waals surface area (Å²) in [5.41, 5.74) is 13.6. The van der Waals surface area contributed by atoms with Crippen molar-refractivity contribution in [2.75, 3.05) is 6.54 Å². The third kappa shape index (κ3) is 18.5. The number of hydrogen-bond acceptors (Lipinski definition) is 4. The summed E-state index contributed by atoms with van der Waals surface area (Å²) in [6, 6.07) is -0.661. The lowest BCUT2D eigenvalue weighted by Gasteiger charge is -2.06. The molecule has 94 valence electrons. The van der Waals surface area contributed by atoms with Crippen molar-refractivity contribution in [1.29, 1.82) is 0 Å². The molecule has 0 aliphatic rings. The molecular weight excluding hydrogens is 239 g/mol. The van der Waals surface area contributed by atoms with Crippen molar-refractivity contribution in [3.05, 3.63) is 0 Å². The number of nitrogens with one attached hydrogen (secondary N) is 1. The zero-order valence-corrected chi connectivity index (χ0v) is 9.48. The summed E-state index contributed by atoms with van der Waals surface area (Å²) >= 11 is 0. The molecule has 10 heteroatoms. The molecular formula is C6H16N4O5P+. The highest BCUT2D eigenvalue weighted by atomic mass is 31.1. The van der Waals surface area contributed by atoms with E-state index >= 15 is 0 Å². The largest absolute Gasteiger partial charge is 0.567 e. The van der Waals surface area contributed by atoms with Crippen LogP contribution in [0.5, 0.6) is 0 Å². The topological polar surface area (TPSA) is 194 Å². The molecule has 0 fully saturated rings. The Balaban J connectivity index is 0. The Labute approximate surface area is 92.9 Å². The van der Waals surface area contributed by atoms with Crippen molar-refractivity contribution in [2.45, 2.75) is 18.9 Å². The number of carboxylic acids is 1. The SMILES string of the molecule is NC(N)=[NH+]CCC[C@H]([NH3+])C(=O)[O-].O=[P+]([O-])O. The third-order valence-corrected chi connectivity index (χ3v) is 1.39. The van der Waals surface area contributed by atoms with E-state index in [2.05, 4.69) is 10.7 Å². The molecule has 9 nitrogen and oxygen atoms in total. The quantitative estimate of drug-likeness (QED) is 0.139. The van der Waals surface area contributed by atoms with Gasteiger partial charge in [0, 0.05) is 6.42 Å². The molecule has 0 bridgehead atoms. The first kappa shape index (κ1) is 17.1. The first-order valence-corrected chi connectivity index (χ1v) is 5.39. The molecule has 0 saturated heterocycles. The van der Waals surface area contributed by atoms with E-state index in [0.29, 0.717) is 19.4 Å². The maximum atomic E-state index is 10.2. The third-order valence-electron chi connectivity index (χ3n) is 1.39. The summed E-state index contributed by atoms with van der Waals surface area (Å²) in [4.78, 5) is 28.5. The molecule has 0 spiro atoms. The predicted octanol–water partition coefficient (Wildman–Crippen LogP) is -6.52. The van der Waals surface area contributed by atoms with Gasteiger partial charge in [-0.2, -0.15) is 4.89 Å². The monoisotopic (exact) mass is 255 g/mol. The zero-order chi connectivity index (χ0) is 13.1. The smallest absolute Gasteiger partial charge is 0.485 e. The number of rotatable bonds is 5. The van der Waals surface area contributed by atoms with E-state index in [1.54, 1.807) is 0 Å². The molecule has 1 unspecified atom stereocenters. The number of hydrogen-bond donors (Lipinski definition) is 5. The van der Waals surface area contributed by atoms with Crippen LogP contribution in [0.2, 0.25) is 0 Å². The number of carbonyl (C=O) groups excluding carboxylic acids is 1. The van der Waals surface area contributed by atoms with Gasteiger partial charge >= 0.3 is 14.2 Å². The summed E-state index contributed by atoms with van der Waals surface area (Å²) in [6.07, 6.45) is 1.11. The Bertz CT molecular complexity index is 251. The first-order chi connectivity index (χ1) is 7.27. The maximum Gasteiger partial charge on any atom is 0.485 e. The van der Waals surface area contributed by atoms with Gasteiger partial charge in [-0.25, -0.2) is 0 Å². The minimum absolute atomic E-state index is 0.143. The van der Waals surface area contributed by atoms with E-state index in [1.807, 2.05) is 0 Å². The molecule has 16 heavy (non-hydrogen) atoms. The second-order valence-corrected chi connectivity index (χ2v) is 3.25. The van der Waals surface area contributed by atoms with Crippen LogP contribution < -0.4 is 32.2 Å². The Morgan fingerprint density at radius 1 is 1.56 bits per heavy atom. The molecule has 0 rings (SSSR count). The summed E-state index contributed by atoms with van der Waals surface area (Å²) in [5.74, 6) is -0.983. The molecule has 0 aromatic rings. The van der Waals surface area contributed by atoms with Crippen LogP contribution in [0.3, 0.4) is 0 Å². The molecule has 0 radical (unpaired) electrons. The molecule has 0 aromatic carbocycles. The summed E-state index contributed by atoms with van der Waals surface area (Å²) in [6.45, 7) is 0.557. The van der Waals surface area contributed by atoms with E-state index in [9.17, 15) is 9.90 Å². The average molecular weight is 255 g/mol. The second kappa shape index (κ2) is 10.2. The molecule has 0 amide bonds. The summed E-state index contributed by atoms with van der Waals surface area (Å²) in [5, 5.41) is 10.2. The fraction of sp³-hybridized carbons (Fsp3) is 0.667. The number of nitrogens with two attached hydrogens (primary N) is 2. The highest BCUT2D eigenvalue weighted by Crippen LogP contribution is 1.89. The van der Waals surface area contributed by atoms with Crippen LogP contribution in [-0.2, 0) is 9.36 Å². The lowest BCUT2D eigenvalue weighted by molar-refractivity contribution is -0.466. The lowest BCUT2D eigenvalue weighted by Crippen LogP contribution is -2.78.